The summed E-state index contributed by atoms with van der Waals surface area (Å²) in [6, 6.07) is 4.55. The van der Waals surface area contributed by atoms with Gasteiger partial charge in [0.25, 0.3) is 0 Å². The normalized spacial score (nSPS) is 16.7. The molecule has 0 saturated carbocycles. The number of halogens is 3. The van der Waals surface area contributed by atoms with Gasteiger partial charge in [-0.2, -0.15) is 13.2 Å². The zero-order valence-corrected chi connectivity index (χ0v) is 12.0. The van der Waals surface area contributed by atoms with Crippen LogP contribution < -0.4 is 10.5 Å². The first-order chi connectivity index (χ1) is 10.5. The number of aliphatic imine (C=N–C) groups is 1. The summed E-state index contributed by atoms with van der Waals surface area (Å²) in [6.45, 7) is 3.24. The van der Waals surface area contributed by atoms with Gasteiger partial charge in [0.15, 0.2) is 5.96 Å². The van der Waals surface area contributed by atoms with Gasteiger partial charge < -0.3 is 20.1 Å². The van der Waals surface area contributed by atoms with Gasteiger partial charge in [-0.15, -0.1) is 0 Å². The quantitative estimate of drug-likeness (QED) is 0.522. The third kappa shape index (κ3) is 4.80. The van der Waals surface area contributed by atoms with Gasteiger partial charge >= 0.3 is 6.18 Å². The van der Waals surface area contributed by atoms with Crippen molar-refractivity contribution in [2.75, 3.05) is 39.5 Å². The average Bonchev–Trinajstić information content (AvgIpc) is 2.52. The van der Waals surface area contributed by atoms with E-state index < -0.39 is 11.7 Å². The number of nitrogens with zero attached hydrogens (tertiary/aromatic N) is 2. The summed E-state index contributed by atoms with van der Waals surface area (Å²) in [5.41, 5.74) is 5.14. The van der Waals surface area contributed by atoms with E-state index in [1.54, 1.807) is 0 Å². The number of hydrogen-bond donors (Lipinski definition) is 1. The Morgan fingerprint density at radius 3 is 2.45 bits per heavy atom. The summed E-state index contributed by atoms with van der Waals surface area (Å²) in [5, 5.41) is 0. The van der Waals surface area contributed by atoms with Crippen molar-refractivity contribution in [3.05, 3.63) is 29.8 Å². The van der Waals surface area contributed by atoms with E-state index in [2.05, 4.69) is 4.99 Å². The molecule has 122 valence electrons. The van der Waals surface area contributed by atoms with Crippen LogP contribution in [0.15, 0.2) is 29.3 Å². The molecular weight excluding hydrogens is 299 g/mol. The van der Waals surface area contributed by atoms with Gasteiger partial charge in [0.05, 0.1) is 25.3 Å². The molecule has 0 aliphatic carbocycles. The van der Waals surface area contributed by atoms with Crippen molar-refractivity contribution in [3.63, 3.8) is 0 Å². The minimum atomic E-state index is -4.34. The maximum atomic E-state index is 12.4. The predicted molar refractivity (Wildman–Crippen MR) is 75.8 cm³/mol. The minimum absolute atomic E-state index is 0.246. The van der Waals surface area contributed by atoms with Crippen LogP contribution >= 0.6 is 0 Å². The van der Waals surface area contributed by atoms with E-state index in [1.807, 2.05) is 4.90 Å². The smallest absolute Gasteiger partial charge is 0.416 e. The van der Waals surface area contributed by atoms with Gasteiger partial charge in [0.2, 0.25) is 0 Å². The van der Waals surface area contributed by atoms with Crippen LogP contribution in [-0.2, 0) is 10.9 Å². The second-order valence-electron chi connectivity index (χ2n) is 4.71. The van der Waals surface area contributed by atoms with Crippen molar-refractivity contribution in [2.24, 2.45) is 10.7 Å². The van der Waals surface area contributed by atoms with Gasteiger partial charge in [0.1, 0.15) is 12.4 Å². The molecule has 2 rings (SSSR count). The maximum absolute atomic E-state index is 12.4. The SMILES string of the molecule is NC(=NCCOc1ccc(C(F)(F)F)cc1)N1CCOCC1. The number of ether oxygens (including phenoxy) is 2. The van der Waals surface area contributed by atoms with Gasteiger partial charge in [-0.25, -0.2) is 4.99 Å². The lowest BCUT2D eigenvalue weighted by molar-refractivity contribution is -0.137. The Balaban J connectivity index is 1.76. The Morgan fingerprint density at radius 1 is 1.23 bits per heavy atom. The van der Waals surface area contributed by atoms with E-state index in [9.17, 15) is 13.2 Å². The van der Waals surface area contributed by atoms with Crippen molar-refractivity contribution in [1.82, 2.24) is 4.90 Å². The molecule has 0 spiro atoms. The number of rotatable bonds is 4. The highest BCUT2D eigenvalue weighted by Gasteiger charge is 2.29. The lowest BCUT2D eigenvalue weighted by atomic mass is 10.2. The number of morpholine rings is 1. The average molecular weight is 317 g/mol. The van der Waals surface area contributed by atoms with Crippen molar-refractivity contribution in [2.45, 2.75) is 6.18 Å². The molecule has 22 heavy (non-hydrogen) atoms. The van der Waals surface area contributed by atoms with Gasteiger partial charge in [-0.05, 0) is 24.3 Å². The number of benzene rings is 1. The first-order valence-electron chi connectivity index (χ1n) is 6.89. The lowest BCUT2D eigenvalue weighted by Crippen LogP contribution is -2.45. The van der Waals surface area contributed by atoms with E-state index in [1.165, 1.54) is 12.1 Å². The first kappa shape index (κ1) is 16.4. The van der Waals surface area contributed by atoms with E-state index in [0.29, 0.717) is 44.6 Å². The van der Waals surface area contributed by atoms with Crippen LogP contribution in [-0.4, -0.2) is 50.3 Å². The summed E-state index contributed by atoms with van der Waals surface area (Å²) in [6.07, 6.45) is -4.34. The van der Waals surface area contributed by atoms with Gasteiger partial charge in [-0.1, -0.05) is 0 Å². The maximum Gasteiger partial charge on any atom is 0.416 e. The zero-order chi connectivity index (χ0) is 16.0. The molecule has 1 aromatic carbocycles. The fourth-order valence-corrected chi connectivity index (χ4v) is 1.96. The van der Waals surface area contributed by atoms with Crippen LogP contribution in [0.5, 0.6) is 5.75 Å². The molecule has 1 aromatic rings. The number of hydrogen-bond acceptors (Lipinski definition) is 3. The summed E-state index contributed by atoms with van der Waals surface area (Å²) < 4.78 is 47.8. The van der Waals surface area contributed by atoms with Crippen molar-refractivity contribution >= 4 is 5.96 Å². The van der Waals surface area contributed by atoms with Gasteiger partial charge in [-0.3, -0.25) is 0 Å². The fourth-order valence-electron chi connectivity index (χ4n) is 1.96. The molecule has 0 bridgehead atoms. The van der Waals surface area contributed by atoms with Crippen LogP contribution in [0, 0.1) is 0 Å². The van der Waals surface area contributed by atoms with Gasteiger partial charge in [0, 0.05) is 13.1 Å². The van der Waals surface area contributed by atoms with Crippen molar-refractivity contribution < 1.29 is 22.6 Å². The second-order valence-corrected chi connectivity index (χ2v) is 4.71. The minimum Gasteiger partial charge on any atom is -0.492 e. The molecule has 1 saturated heterocycles. The molecule has 8 heteroatoms. The number of nitrogens with two attached hydrogens (primary N) is 1. The molecule has 5 nitrogen and oxygen atoms in total. The standard InChI is InChI=1S/C14H18F3N3O2/c15-14(16,17)11-1-3-12(4-2-11)22-8-5-19-13(18)20-6-9-21-10-7-20/h1-4H,5-10H2,(H2,18,19). The Morgan fingerprint density at radius 2 is 1.86 bits per heavy atom. The number of alkyl halides is 3. The molecule has 1 fully saturated rings. The summed E-state index contributed by atoms with van der Waals surface area (Å²) in [4.78, 5) is 6.10. The Bertz CT molecular complexity index is 497. The molecule has 0 amide bonds. The highest BCUT2D eigenvalue weighted by molar-refractivity contribution is 5.78. The van der Waals surface area contributed by atoms with Crippen LogP contribution in [0.1, 0.15) is 5.56 Å². The van der Waals surface area contributed by atoms with Crippen molar-refractivity contribution in [1.29, 1.82) is 0 Å². The highest BCUT2D eigenvalue weighted by Crippen LogP contribution is 2.30. The lowest BCUT2D eigenvalue weighted by Gasteiger charge is -2.27. The second kappa shape index (κ2) is 7.35. The van der Waals surface area contributed by atoms with Crippen molar-refractivity contribution in [3.8, 4) is 5.75 Å². The molecular formula is C14H18F3N3O2. The number of guanidine groups is 1. The molecule has 0 unspecified atom stereocenters. The summed E-state index contributed by atoms with van der Waals surface area (Å²) >= 11 is 0. The predicted octanol–water partition coefficient (Wildman–Crippen LogP) is 1.73. The van der Waals surface area contributed by atoms with Crippen LogP contribution in [0.25, 0.3) is 0 Å². The molecule has 0 atom stereocenters. The molecule has 1 aliphatic rings. The monoisotopic (exact) mass is 317 g/mol. The molecule has 2 N–H and O–H groups in total. The topological polar surface area (TPSA) is 60.1 Å². The summed E-state index contributed by atoms with van der Waals surface area (Å²) in [7, 11) is 0. The van der Waals surface area contributed by atoms with E-state index >= 15 is 0 Å². The highest BCUT2D eigenvalue weighted by atomic mass is 19.4. The third-order valence-corrected chi connectivity index (χ3v) is 3.15. The van der Waals surface area contributed by atoms with Crippen LogP contribution in [0.4, 0.5) is 13.2 Å². The first-order valence-corrected chi connectivity index (χ1v) is 6.89. The molecule has 1 heterocycles. The van der Waals surface area contributed by atoms with Crippen LogP contribution in [0.3, 0.4) is 0 Å². The molecule has 1 aliphatic heterocycles. The van der Waals surface area contributed by atoms with E-state index in [0.717, 1.165) is 12.1 Å². The Kier molecular flexibility index (Phi) is 5.48. The summed E-state index contributed by atoms with van der Waals surface area (Å²) in [5.74, 6) is 0.799. The Labute approximate surface area is 126 Å². The van der Waals surface area contributed by atoms with E-state index in [4.69, 9.17) is 15.2 Å². The third-order valence-electron chi connectivity index (χ3n) is 3.15. The van der Waals surface area contributed by atoms with Crippen LogP contribution in [0.2, 0.25) is 0 Å². The molecule has 0 aromatic heterocycles. The largest absolute Gasteiger partial charge is 0.492 e. The fraction of sp³-hybridized carbons (Fsp3) is 0.500. The molecule has 0 radical (unpaired) electrons. The van der Waals surface area contributed by atoms with E-state index in [-0.39, 0.29) is 6.61 Å². The Hall–Kier alpha value is -1.96. The zero-order valence-electron chi connectivity index (χ0n) is 12.0.